The number of nitrogens with one attached hydrogen (secondary N) is 1. The minimum Gasteiger partial charge on any atom is -0.465 e. The lowest BCUT2D eigenvalue weighted by molar-refractivity contribution is -0.129. The molecule has 0 unspecified atom stereocenters. The molecule has 6 nitrogen and oxygen atoms in total. The first-order valence-corrected chi connectivity index (χ1v) is 6.77. The average Bonchev–Trinajstić information content (AvgIpc) is 3.01. The molecular formula is C14H19N3O3. The van der Waals surface area contributed by atoms with Crippen LogP contribution in [0, 0.1) is 0 Å². The Kier molecular flexibility index (Phi) is 4.92. The number of pyridine rings is 1. The van der Waals surface area contributed by atoms with Crippen LogP contribution in [0.15, 0.2) is 18.3 Å². The molecule has 2 heterocycles. The van der Waals surface area contributed by atoms with Gasteiger partial charge < -0.3 is 15.0 Å². The summed E-state index contributed by atoms with van der Waals surface area (Å²) in [5, 5.41) is 3.02. The van der Waals surface area contributed by atoms with E-state index in [4.69, 9.17) is 4.74 Å². The van der Waals surface area contributed by atoms with Crippen molar-refractivity contribution in [2.24, 2.45) is 0 Å². The third-order valence-corrected chi connectivity index (χ3v) is 3.30. The number of likely N-dealkylation sites (tertiary alicyclic amines) is 1. The van der Waals surface area contributed by atoms with E-state index in [1.807, 2.05) is 4.90 Å². The van der Waals surface area contributed by atoms with Crippen LogP contribution in [0.2, 0.25) is 0 Å². The Hall–Kier alpha value is -2.11. The molecule has 1 aromatic rings. The minimum atomic E-state index is -0.438. The second kappa shape index (κ2) is 6.88. The molecule has 0 atom stereocenters. The molecule has 20 heavy (non-hydrogen) atoms. The Balaban J connectivity index is 1.87. The summed E-state index contributed by atoms with van der Waals surface area (Å²) in [6.07, 6.45) is 4.17. The van der Waals surface area contributed by atoms with Crippen molar-refractivity contribution < 1.29 is 14.3 Å². The van der Waals surface area contributed by atoms with E-state index in [1.54, 1.807) is 18.3 Å². The number of amides is 1. The van der Waals surface area contributed by atoms with Gasteiger partial charge in [-0.05, 0) is 25.0 Å². The standard InChI is InChI=1S/C14H19N3O3/c1-20-14(19)11-5-4-7-15-13(11)16-8-6-12(18)17-9-2-3-10-17/h4-5,7H,2-3,6,8-10H2,1H3,(H,15,16). The molecule has 1 aromatic heterocycles. The van der Waals surface area contributed by atoms with Gasteiger partial charge in [-0.25, -0.2) is 9.78 Å². The van der Waals surface area contributed by atoms with Gasteiger partial charge in [0.1, 0.15) is 11.4 Å². The largest absolute Gasteiger partial charge is 0.465 e. The van der Waals surface area contributed by atoms with Crippen molar-refractivity contribution >= 4 is 17.7 Å². The summed E-state index contributed by atoms with van der Waals surface area (Å²) in [6, 6.07) is 3.32. The van der Waals surface area contributed by atoms with Gasteiger partial charge in [0.05, 0.1) is 7.11 Å². The van der Waals surface area contributed by atoms with E-state index < -0.39 is 5.97 Å². The van der Waals surface area contributed by atoms with Crippen LogP contribution < -0.4 is 5.32 Å². The van der Waals surface area contributed by atoms with E-state index in [9.17, 15) is 9.59 Å². The number of carbonyl (C=O) groups is 2. The highest BCUT2D eigenvalue weighted by molar-refractivity contribution is 5.94. The zero-order valence-electron chi connectivity index (χ0n) is 11.6. The highest BCUT2D eigenvalue weighted by Crippen LogP contribution is 2.13. The van der Waals surface area contributed by atoms with Crippen LogP contribution in [0.1, 0.15) is 29.6 Å². The maximum atomic E-state index is 11.9. The lowest BCUT2D eigenvalue weighted by Gasteiger charge is -2.15. The Morgan fingerprint density at radius 1 is 1.40 bits per heavy atom. The van der Waals surface area contributed by atoms with Crippen molar-refractivity contribution in [2.75, 3.05) is 32.1 Å². The quantitative estimate of drug-likeness (QED) is 0.821. The second-order valence-electron chi connectivity index (χ2n) is 4.66. The summed E-state index contributed by atoms with van der Waals surface area (Å²) in [5.41, 5.74) is 0.378. The van der Waals surface area contributed by atoms with Gasteiger partial charge >= 0.3 is 5.97 Å². The van der Waals surface area contributed by atoms with E-state index in [1.165, 1.54) is 7.11 Å². The Morgan fingerprint density at radius 2 is 2.15 bits per heavy atom. The first kappa shape index (κ1) is 14.3. The van der Waals surface area contributed by atoms with Crippen molar-refractivity contribution in [1.82, 2.24) is 9.88 Å². The molecule has 1 aliphatic rings. The van der Waals surface area contributed by atoms with Crippen LogP contribution in [0.5, 0.6) is 0 Å². The molecule has 0 aliphatic carbocycles. The number of hydrogen-bond donors (Lipinski definition) is 1. The molecule has 1 N–H and O–H groups in total. The molecule has 1 amide bonds. The molecule has 1 fully saturated rings. The highest BCUT2D eigenvalue weighted by Gasteiger charge is 2.18. The van der Waals surface area contributed by atoms with Gasteiger partial charge in [0, 0.05) is 32.3 Å². The van der Waals surface area contributed by atoms with Crippen molar-refractivity contribution in [3.05, 3.63) is 23.9 Å². The first-order valence-electron chi connectivity index (χ1n) is 6.77. The second-order valence-corrected chi connectivity index (χ2v) is 4.66. The third-order valence-electron chi connectivity index (χ3n) is 3.30. The molecule has 0 bridgehead atoms. The van der Waals surface area contributed by atoms with E-state index in [0.29, 0.717) is 24.3 Å². The zero-order valence-corrected chi connectivity index (χ0v) is 11.6. The fourth-order valence-electron chi connectivity index (χ4n) is 2.23. The van der Waals surface area contributed by atoms with Gasteiger partial charge in [-0.3, -0.25) is 4.79 Å². The smallest absolute Gasteiger partial charge is 0.341 e. The molecule has 108 valence electrons. The predicted molar refractivity (Wildman–Crippen MR) is 74.5 cm³/mol. The summed E-state index contributed by atoms with van der Waals surface area (Å²) in [5.74, 6) is 0.158. The molecule has 6 heteroatoms. The monoisotopic (exact) mass is 277 g/mol. The third kappa shape index (κ3) is 3.46. The van der Waals surface area contributed by atoms with Gasteiger partial charge in [-0.2, -0.15) is 0 Å². The number of nitrogens with zero attached hydrogens (tertiary/aromatic N) is 2. The number of esters is 1. The minimum absolute atomic E-state index is 0.144. The molecule has 0 radical (unpaired) electrons. The number of carbonyl (C=O) groups excluding carboxylic acids is 2. The maximum Gasteiger partial charge on any atom is 0.341 e. The number of hydrogen-bond acceptors (Lipinski definition) is 5. The number of ether oxygens (including phenoxy) is 1. The van der Waals surface area contributed by atoms with Gasteiger partial charge in [0.2, 0.25) is 5.91 Å². The average molecular weight is 277 g/mol. The highest BCUT2D eigenvalue weighted by atomic mass is 16.5. The SMILES string of the molecule is COC(=O)c1cccnc1NCCC(=O)N1CCCC1. The molecule has 1 saturated heterocycles. The van der Waals surface area contributed by atoms with Crippen LogP contribution in [-0.4, -0.2) is 48.5 Å². The Bertz CT molecular complexity index is 484. The van der Waals surface area contributed by atoms with E-state index in [0.717, 1.165) is 25.9 Å². The zero-order chi connectivity index (χ0) is 14.4. The summed E-state index contributed by atoms with van der Waals surface area (Å²) >= 11 is 0. The fraction of sp³-hybridized carbons (Fsp3) is 0.500. The first-order chi connectivity index (χ1) is 9.72. The molecule has 1 aliphatic heterocycles. The molecule has 0 aromatic carbocycles. The van der Waals surface area contributed by atoms with Crippen molar-refractivity contribution in [3.63, 3.8) is 0 Å². The Morgan fingerprint density at radius 3 is 2.85 bits per heavy atom. The summed E-state index contributed by atoms with van der Waals surface area (Å²) in [7, 11) is 1.33. The van der Waals surface area contributed by atoms with Crippen molar-refractivity contribution in [3.8, 4) is 0 Å². The molecule has 0 spiro atoms. The van der Waals surface area contributed by atoms with Crippen molar-refractivity contribution in [2.45, 2.75) is 19.3 Å². The number of methoxy groups -OCH3 is 1. The normalized spacial score (nSPS) is 14.2. The van der Waals surface area contributed by atoms with Crippen LogP contribution in [0.4, 0.5) is 5.82 Å². The van der Waals surface area contributed by atoms with E-state index >= 15 is 0 Å². The van der Waals surface area contributed by atoms with Crippen molar-refractivity contribution in [1.29, 1.82) is 0 Å². The summed E-state index contributed by atoms with van der Waals surface area (Å²) < 4.78 is 4.69. The summed E-state index contributed by atoms with van der Waals surface area (Å²) in [4.78, 5) is 29.4. The van der Waals surface area contributed by atoms with Gasteiger partial charge in [-0.1, -0.05) is 0 Å². The van der Waals surface area contributed by atoms with E-state index in [2.05, 4.69) is 10.3 Å². The lowest BCUT2D eigenvalue weighted by Crippen LogP contribution is -2.29. The Labute approximate surface area is 118 Å². The summed E-state index contributed by atoms with van der Waals surface area (Å²) in [6.45, 7) is 2.17. The van der Waals surface area contributed by atoms with Gasteiger partial charge in [0.25, 0.3) is 0 Å². The number of anilines is 1. The van der Waals surface area contributed by atoms with Crippen LogP contribution in [0.25, 0.3) is 0 Å². The van der Waals surface area contributed by atoms with E-state index in [-0.39, 0.29) is 5.91 Å². The predicted octanol–water partition coefficient (Wildman–Crippen LogP) is 1.29. The van der Waals surface area contributed by atoms with Crippen LogP contribution in [0.3, 0.4) is 0 Å². The lowest BCUT2D eigenvalue weighted by atomic mass is 10.2. The van der Waals surface area contributed by atoms with Crippen LogP contribution in [-0.2, 0) is 9.53 Å². The van der Waals surface area contributed by atoms with Crippen LogP contribution >= 0.6 is 0 Å². The molecule has 2 rings (SSSR count). The molecule has 0 saturated carbocycles. The number of aromatic nitrogens is 1. The number of rotatable bonds is 5. The fourth-order valence-corrected chi connectivity index (χ4v) is 2.23. The van der Waals surface area contributed by atoms with Gasteiger partial charge in [0.15, 0.2) is 0 Å². The topological polar surface area (TPSA) is 71.5 Å². The maximum absolute atomic E-state index is 11.9. The molecular weight excluding hydrogens is 258 g/mol. The van der Waals surface area contributed by atoms with Gasteiger partial charge in [-0.15, -0.1) is 0 Å².